The zero-order valence-corrected chi connectivity index (χ0v) is 8.50. The Morgan fingerprint density at radius 1 is 1.11 bits per heavy atom. The molecule has 0 aliphatic heterocycles. The number of aliphatic carboxylic acids is 1. The third-order valence-corrected chi connectivity index (χ3v) is 0. The van der Waals surface area contributed by atoms with Gasteiger partial charge in [-0.15, -0.1) is 0 Å². The van der Waals surface area contributed by atoms with Gasteiger partial charge in [0.1, 0.15) is 0 Å². The molecule has 0 aromatic carbocycles. The molecule has 0 radical (unpaired) electrons. The van der Waals surface area contributed by atoms with E-state index in [9.17, 15) is 0 Å². The van der Waals surface area contributed by atoms with Crippen LogP contribution < -0.4 is 5.11 Å². The molecule has 0 aromatic rings. The second-order valence-corrected chi connectivity index (χ2v) is 0.492. The van der Waals surface area contributed by atoms with E-state index in [2.05, 4.69) is 0 Å². The van der Waals surface area contributed by atoms with E-state index >= 15 is 0 Å². The molecule has 0 aliphatic rings. The van der Waals surface area contributed by atoms with Crippen molar-refractivity contribution in [3.05, 3.63) is 0 Å². The zero-order chi connectivity index (χ0) is 3.58. The van der Waals surface area contributed by atoms with E-state index in [0.717, 1.165) is 6.92 Å². The maximum Gasteiger partial charge on any atom is 2.00 e. The Morgan fingerprint density at radius 2 is 1.11 bits per heavy atom. The third-order valence-electron chi connectivity index (χ3n) is 0. The van der Waals surface area contributed by atoms with Gasteiger partial charge in [0.2, 0.25) is 0 Å². The Morgan fingerprint density at radius 3 is 1.11 bits per heavy atom. The Hall–Kier alpha value is 0.791. The van der Waals surface area contributed by atoms with Gasteiger partial charge < -0.3 is 31.8 Å². The maximum atomic E-state index is 8.89. The number of carboxylic acid groups (broad SMARTS) is 1. The summed E-state index contributed by atoms with van der Waals surface area (Å²) in [4.78, 5) is 8.89. The minimum absolute atomic E-state index is 0. The van der Waals surface area contributed by atoms with Crippen LogP contribution in [0, 0.1) is 0 Å². The summed E-state index contributed by atoms with van der Waals surface area (Å²) in [6.07, 6.45) is 0. The van der Waals surface area contributed by atoms with Crippen molar-refractivity contribution in [2.75, 3.05) is 0 Å². The first-order valence-electron chi connectivity index (χ1n) is 0.908. The van der Waals surface area contributed by atoms with Crippen molar-refractivity contribution in [3.8, 4) is 0 Å². The van der Waals surface area contributed by atoms with Gasteiger partial charge in [0.25, 0.3) is 0 Å². The first-order chi connectivity index (χ1) is 1.73. The summed E-state index contributed by atoms with van der Waals surface area (Å²) in [6.45, 7) is 0.972. The summed E-state index contributed by atoms with van der Waals surface area (Å²) in [5.74, 6) is -1.08. The van der Waals surface area contributed by atoms with Gasteiger partial charge in [0.15, 0.2) is 0 Å². The van der Waals surface area contributed by atoms with Gasteiger partial charge >= 0.3 is 45.5 Å². The quantitative estimate of drug-likeness (QED) is 0.372. The fourth-order valence-electron chi connectivity index (χ4n) is 0. The molecule has 0 fully saturated rings. The van der Waals surface area contributed by atoms with Crippen LogP contribution in [0.5, 0.6) is 0 Å². The molecule has 0 aliphatic carbocycles. The van der Waals surface area contributed by atoms with Gasteiger partial charge in [-0.3, -0.25) is 0 Å². The van der Waals surface area contributed by atoms with Gasteiger partial charge in [-0.1, -0.05) is 0 Å². The minimum atomic E-state index is -1.08. The Kier molecular flexibility index (Phi) is 217. The second kappa shape index (κ2) is 37.1. The number of hydrogen-bond acceptors (Lipinski definition) is 2. The molecule has 0 aromatic heterocycles. The topological polar surface area (TPSA) is 166 Å². The van der Waals surface area contributed by atoms with Crippen LogP contribution in [-0.4, -0.2) is 73.4 Å². The number of carbonyl (C=O) groups excluding carboxylic acids is 1. The molecular weight excluding hydrogens is 208 g/mol. The molecule has 0 unspecified atom stereocenters. The van der Waals surface area contributed by atoms with E-state index in [1.165, 1.54) is 0 Å². The average Bonchev–Trinajstić information content (AvgIpc) is 0.811. The zero-order valence-electron chi connectivity index (χ0n) is 5.02. The third kappa shape index (κ3) is 649. The molecule has 9 heavy (non-hydrogen) atoms. The Bertz CT molecular complexity index is 34.0. The number of hydrogen-bond donors (Lipinski definition) is 0. The van der Waals surface area contributed by atoms with Gasteiger partial charge in [0.05, 0.1) is 0 Å². The standard InChI is InChI=1S/C2H4O2.4H2O.Sr/c1-2(3)4;;;;;/h1H3,(H,3,4);4*1H2;/q;;;;;+2/p-1. The van der Waals surface area contributed by atoms with Crippen molar-refractivity contribution in [1.29, 1.82) is 0 Å². The fraction of sp³-hybridized carbons (Fsp3) is 0.500. The number of carboxylic acids is 1. The molecule has 0 bridgehead atoms. The molecule has 0 saturated heterocycles. The predicted octanol–water partition coefficient (Wildman–Crippen LogP) is -4.92. The van der Waals surface area contributed by atoms with Crippen LogP contribution in [0.15, 0.2) is 0 Å². The molecule has 7 heteroatoms. The van der Waals surface area contributed by atoms with Gasteiger partial charge in [0, 0.05) is 5.97 Å². The van der Waals surface area contributed by atoms with Crippen LogP contribution >= 0.6 is 0 Å². The molecule has 0 rings (SSSR count). The maximum absolute atomic E-state index is 8.89. The van der Waals surface area contributed by atoms with E-state index in [-0.39, 0.29) is 67.4 Å². The molecule has 0 amide bonds. The monoisotopic (exact) mass is 219 g/mol. The second-order valence-electron chi connectivity index (χ2n) is 0.492. The van der Waals surface area contributed by atoms with Crippen LogP contribution in [0.2, 0.25) is 0 Å². The van der Waals surface area contributed by atoms with Crippen LogP contribution in [0.25, 0.3) is 0 Å². The first-order valence-corrected chi connectivity index (χ1v) is 0.908. The smallest absolute Gasteiger partial charge is 0.550 e. The Balaban J connectivity index is -0.00000000450. The van der Waals surface area contributed by atoms with Crippen molar-refractivity contribution >= 4 is 51.5 Å². The minimum Gasteiger partial charge on any atom is -0.550 e. The van der Waals surface area contributed by atoms with Crippen LogP contribution in [0.3, 0.4) is 0 Å². The molecular formula is C2H11O6Sr+. The van der Waals surface area contributed by atoms with Crippen LogP contribution in [-0.2, 0) is 4.79 Å². The van der Waals surface area contributed by atoms with Crippen molar-refractivity contribution in [3.63, 3.8) is 0 Å². The first kappa shape index (κ1) is 52.7. The summed E-state index contributed by atoms with van der Waals surface area (Å²) in [5, 5.41) is 8.89. The summed E-state index contributed by atoms with van der Waals surface area (Å²) < 4.78 is 0. The summed E-state index contributed by atoms with van der Waals surface area (Å²) in [5.41, 5.74) is 0. The predicted molar refractivity (Wildman–Crippen MR) is 30.9 cm³/mol. The van der Waals surface area contributed by atoms with Crippen LogP contribution in [0.1, 0.15) is 6.92 Å². The molecule has 56 valence electrons. The summed E-state index contributed by atoms with van der Waals surface area (Å²) >= 11 is 0. The van der Waals surface area contributed by atoms with E-state index in [4.69, 9.17) is 9.90 Å². The fourth-order valence-corrected chi connectivity index (χ4v) is 0. The SMILES string of the molecule is CC(=O)[O-].O.O.O.O.[Sr+2]. The van der Waals surface area contributed by atoms with Gasteiger partial charge in [-0.25, -0.2) is 0 Å². The molecule has 0 saturated carbocycles. The van der Waals surface area contributed by atoms with Crippen molar-refractivity contribution in [2.24, 2.45) is 0 Å². The molecule has 6 nitrogen and oxygen atoms in total. The Labute approximate surface area is 89.4 Å². The van der Waals surface area contributed by atoms with Crippen LogP contribution in [0.4, 0.5) is 0 Å². The van der Waals surface area contributed by atoms with E-state index < -0.39 is 5.97 Å². The van der Waals surface area contributed by atoms with Crippen molar-refractivity contribution in [1.82, 2.24) is 0 Å². The normalized spacial score (nSPS) is 2.78. The molecule has 0 spiro atoms. The van der Waals surface area contributed by atoms with Crippen molar-refractivity contribution < 1.29 is 31.8 Å². The number of rotatable bonds is 0. The number of carbonyl (C=O) groups is 1. The van der Waals surface area contributed by atoms with Gasteiger partial charge in [-0.2, -0.15) is 0 Å². The van der Waals surface area contributed by atoms with Gasteiger partial charge in [-0.05, 0) is 6.92 Å². The molecule has 8 N–H and O–H groups in total. The molecule has 0 heterocycles. The average molecular weight is 219 g/mol. The van der Waals surface area contributed by atoms with E-state index in [0.29, 0.717) is 0 Å². The van der Waals surface area contributed by atoms with E-state index in [1.54, 1.807) is 0 Å². The molecule has 0 atom stereocenters. The largest absolute Gasteiger partial charge is 2.00 e. The van der Waals surface area contributed by atoms with E-state index in [1.807, 2.05) is 0 Å². The van der Waals surface area contributed by atoms with Crippen molar-refractivity contribution in [2.45, 2.75) is 6.92 Å². The summed E-state index contributed by atoms with van der Waals surface area (Å²) in [7, 11) is 0. The summed E-state index contributed by atoms with van der Waals surface area (Å²) in [6, 6.07) is 0.